The summed E-state index contributed by atoms with van der Waals surface area (Å²) in [4.78, 5) is 8.94. The van der Waals surface area contributed by atoms with Gasteiger partial charge in [0.15, 0.2) is 0 Å². The first-order chi connectivity index (χ1) is 5.86. The SMILES string of the molecule is CN=C(NN)NCc1cncs1. The molecule has 5 nitrogen and oxygen atoms in total. The van der Waals surface area contributed by atoms with Crippen LogP contribution in [0.3, 0.4) is 0 Å². The lowest BCUT2D eigenvalue weighted by Gasteiger charge is -2.05. The largest absolute Gasteiger partial charge is 0.350 e. The normalized spacial score (nSPS) is 11.3. The highest BCUT2D eigenvalue weighted by atomic mass is 32.1. The van der Waals surface area contributed by atoms with Crippen molar-refractivity contribution in [1.29, 1.82) is 0 Å². The van der Waals surface area contributed by atoms with Crippen LogP contribution in [0.5, 0.6) is 0 Å². The van der Waals surface area contributed by atoms with Crippen LogP contribution < -0.4 is 16.6 Å². The summed E-state index contributed by atoms with van der Waals surface area (Å²) in [6.07, 6.45) is 1.81. The molecule has 1 rings (SSSR count). The van der Waals surface area contributed by atoms with Gasteiger partial charge in [-0.1, -0.05) is 0 Å². The summed E-state index contributed by atoms with van der Waals surface area (Å²) >= 11 is 1.59. The molecule has 0 amide bonds. The molecule has 4 N–H and O–H groups in total. The molecule has 66 valence electrons. The van der Waals surface area contributed by atoms with E-state index >= 15 is 0 Å². The van der Waals surface area contributed by atoms with Gasteiger partial charge in [-0.15, -0.1) is 11.3 Å². The Labute approximate surface area is 74.7 Å². The van der Waals surface area contributed by atoms with E-state index in [1.165, 1.54) is 0 Å². The van der Waals surface area contributed by atoms with Gasteiger partial charge in [-0.25, -0.2) is 5.84 Å². The zero-order chi connectivity index (χ0) is 8.81. The van der Waals surface area contributed by atoms with Crippen LogP contribution in [0, 0.1) is 0 Å². The molecule has 0 bridgehead atoms. The summed E-state index contributed by atoms with van der Waals surface area (Å²) in [7, 11) is 1.66. The van der Waals surface area contributed by atoms with Gasteiger partial charge in [0.25, 0.3) is 0 Å². The minimum absolute atomic E-state index is 0.573. The Balaban J connectivity index is 2.35. The standard InChI is InChI=1S/C6H11N5S/c1-8-6(11-7)10-3-5-2-9-4-12-5/h2,4H,3,7H2,1H3,(H2,8,10,11). The molecule has 0 saturated heterocycles. The van der Waals surface area contributed by atoms with E-state index in [9.17, 15) is 0 Å². The van der Waals surface area contributed by atoms with E-state index < -0.39 is 0 Å². The van der Waals surface area contributed by atoms with Crippen molar-refractivity contribution in [2.75, 3.05) is 7.05 Å². The molecular weight excluding hydrogens is 174 g/mol. The van der Waals surface area contributed by atoms with Gasteiger partial charge >= 0.3 is 0 Å². The highest BCUT2D eigenvalue weighted by Gasteiger charge is 1.95. The van der Waals surface area contributed by atoms with E-state index in [1.54, 1.807) is 23.9 Å². The zero-order valence-electron chi connectivity index (χ0n) is 6.74. The molecule has 0 unspecified atom stereocenters. The Kier molecular flexibility index (Phi) is 3.49. The fourth-order valence-electron chi connectivity index (χ4n) is 0.695. The highest BCUT2D eigenvalue weighted by Crippen LogP contribution is 2.03. The van der Waals surface area contributed by atoms with Crippen LogP contribution >= 0.6 is 11.3 Å². The summed E-state index contributed by atoms with van der Waals surface area (Å²) < 4.78 is 0. The predicted molar refractivity (Wildman–Crippen MR) is 49.6 cm³/mol. The number of nitrogens with one attached hydrogen (secondary N) is 2. The van der Waals surface area contributed by atoms with Crippen molar-refractivity contribution in [2.45, 2.75) is 6.54 Å². The number of guanidine groups is 1. The Morgan fingerprint density at radius 3 is 3.17 bits per heavy atom. The molecule has 0 saturated carbocycles. The second-order valence-corrected chi connectivity index (χ2v) is 3.01. The maximum Gasteiger partial charge on any atom is 0.205 e. The average Bonchev–Trinajstić information content (AvgIpc) is 2.59. The zero-order valence-corrected chi connectivity index (χ0v) is 7.56. The van der Waals surface area contributed by atoms with Gasteiger partial charge in [0.2, 0.25) is 5.96 Å². The Hall–Kier alpha value is -1.14. The second-order valence-electron chi connectivity index (χ2n) is 2.04. The van der Waals surface area contributed by atoms with Crippen LogP contribution in [0.2, 0.25) is 0 Å². The lowest BCUT2D eigenvalue weighted by Crippen LogP contribution is -2.40. The molecule has 0 fully saturated rings. The quantitative estimate of drug-likeness (QED) is 0.255. The van der Waals surface area contributed by atoms with Gasteiger partial charge in [0.05, 0.1) is 12.1 Å². The lowest BCUT2D eigenvalue weighted by molar-refractivity contribution is 0.848. The second kappa shape index (κ2) is 4.68. The van der Waals surface area contributed by atoms with Crippen molar-refractivity contribution in [3.8, 4) is 0 Å². The summed E-state index contributed by atoms with van der Waals surface area (Å²) in [5.74, 6) is 5.74. The molecule has 0 radical (unpaired) electrons. The fraction of sp³-hybridized carbons (Fsp3) is 0.333. The first-order valence-corrected chi connectivity index (χ1v) is 4.29. The third-order valence-corrected chi connectivity index (χ3v) is 2.05. The molecule has 0 aliphatic rings. The number of nitrogens with zero attached hydrogens (tertiary/aromatic N) is 2. The molecule has 1 heterocycles. The molecule has 0 aliphatic heterocycles. The van der Waals surface area contributed by atoms with Crippen LogP contribution in [0.25, 0.3) is 0 Å². The Morgan fingerprint density at radius 2 is 2.67 bits per heavy atom. The van der Waals surface area contributed by atoms with Crippen molar-refractivity contribution >= 4 is 17.3 Å². The summed E-state index contributed by atoms with van der Waals surface area (Å²) in [6.45, 7) is 0.696. The van der Waals surface area contributed by atoms with Crippen molar-refractivity contribution in [3.05, 3.63) is 16.6 Å². The van der Waals surface area contributed by atoms with Crippen LogP contribution in [0.4, 0.5) is 0 Å². The minimum atomic E-state index is 0.573. The van der Waals surface area contributed by atoms with Crippen LogP contribution in [0.15, 0.2) is 16.7 Å². The molecule has 12 heavy (non-hydrogen) atoms. The van der Waals surface area contributed by atoms with Crippen molar-refractivity contribution in [2.24, 2.45) is 10.8 Å². The topological polar surface area (TPSA) is 75.3 Å². The molecule has 1 aromatic heterocycles. The van der Waals surface area contributed by atoms with E-state index in [2.05, 4.69) is 20.7 Å². The smallest absolute Gasteiger partial charge is 0.205 e. The number of aromatic nitrogens is 1. The van der Waals surface area contributed by atoms with Crippen molar-refractivity contribution in [3.63, 3.8) is 0 Å². The van der Waals surface area contributed by atoms with E-state index in [0.29, 0.717) is 12.5 Å². The van der Waals surface area contributed by atoms with E-state index in [1.807, 2.05) is 6.20 Å². The average molecular weight is 185 g/mol. The van der Waals surface area contributed by atoms with Gasteiger partial charge in [0, 0.05) is 18.1 Å². The minimum Gasteiger partial charge on any atom is -0.350 e. The van der Waals surface area contributed by atoms with Gasteiger partial charge in [0.1, 0.15) is 0 Å². The number of nitrogens with two attached hydrogens (primary N) is 1. The number of rotatable bonds is 2. The molecular formula is C6H11N5S. The fourth-order valence-corrected chi connectivity index (χ4v) is 1.23. The maximum atomic E-state index is 5.17. The highest BCUT2D eigenvalue weighted by molar-refractivity contribution is 7.09. The number of hydrogen-bond acceptors (Lipinski definition) is 4. The number of hydrogen-bond donors (Lipinski definition) is 3. The number of hydrazine groups is 1. The van der Waals surface area contributed by atoms with Gasteiger partial charge in [-0.2, -0.15) is 0 Å². The molecule has 6 heteroatoms. The Bertz CT molecular complexity index is 242. The van der Waals surface area contributed by atoms with E-state index in [0.717, 1.165) is 4.88 Å². The number of aliphatic imine (C=N–C) groups is 1. The molecule has 0 aromatic carbocycles. The molecule has 0 aliphatic carbocycles. The lowest BCUT2D eigenvalue weighted by atomic mass is 10.5. The van der Waals surface area contributed by atoms with Gasteiger partial charge in [-0.3, -0.25) is 15.4 Å². The first-order valence-electron chi connectivity index (χ1n) is 3.41. The molecule has 0 atom stereocenters. The summed E-state index contributed by atoms with van der Waals surface area (Å²) in [5.41, 5.74) is 4.22. The summed E-state index contributed by atoms with van der Waals surface area (Å²) in [5, 5.41) is 3.01. The van der Waals surface area contributed by atoms with Crippen LogP contribution in [0.1, 0.15) is 4.88 Å². The van der Waals surface area contributed by atoms with Crippen LogP contribution in [-0.2, 0) is 6.54 Å². The predicted octanol–water partition coefficient (Wildman–Crippen LogP) is -0.318. The molecule has 0 spiro atoms. The first kappa shape index (κ1) is 8.95. The maximum absolute atomic E-state index is 5.17. The Morgan fingerprint density at radius 1 is 1.83 bits per heavy atom. The third-order valence-electron chi connectivity index (χ3n) is 1.27. The van der Waals surface area contributed by atoms with Crippen molar-refractivity contribution < 1.29 is 0 Å². The van der Waals surface area contributed by atoms with Crippen LogP contribution in [-0.4, -0.2) is 18.0 Å². The summed E-state index contributed by atoms with van der Waals surface area (Å²) in [6, 6.07) is 0. The van der Waals surface area contributed by atoms with E-state index in [4.69, 9.17) is 5.84 Å². The van der Waals surface area contributed by atoms with E-state index in [-0.39, 0.29) is 0 Å². The van der Waals surface area contributed by atoms with Crippen molar-refractivity contribution in [1.82, 2.24) is 15.7 Å². The van der Waals surface area contributed by atoms with Gasteiger partial charge in [-0.05, 0) is 0 Å². The molecule has 1 aromatic rings. The monoisotopic (exact) mass is 185 g/mol. The van der Waals surface area contributed by atoms with Gasteiger partial charge < -0.3 is 5.32 Å². The third kappa shape index (κ3) is 2.48. The number of thiazole rings is 1.